The molecule has 2 aromatic carbocycles. The Morgan fingerprint density at radius 2 is 1.41 bits per heavy atom. The molecule has 1 N–H and O–H groups in total. The number of methoxy groups -OCH3 is 2. The van der Waals surface area contributed by atoms with Crippen LogP contribution < -0.4 is 9.47 Å². The number of hydrogen-bond acceptors (Lipinski definition) is 4. The minimum absolute atomic E-state index is 0.323. The zero-order valence-electron chi connectivity index (χ0n) is 16.0. The van der Waals surface area contributed by atoms with E-state index < -0.39 is 0 Å². The van der Waals surface area contributed by atoms with Crippen LogP contribution in [0, 0.1) is 6.92 Å². The fourth-order valence-corrected chi connectivity index (χ4v) is 3.10. The molecule has 5 heteroatoms. The number of ether oxygens (including phenoxy) is 3. The third-order valence-electron chi connectivity index (χ3n) is 4.42. The Morgan fingerprint density at radius 1 is 0.889 bits per heavy atom. The van der Waals surface area contributed by atoms with Crippen LogP contribution in [0.3, 0.4) is 0 Å². The van der Waals surface area contributed by atoms with Crippen molar-refractivity contribution in [2.24, 2.45) is 0 Å². The Bertz CT molecular complexity index is 924. The first-order chi connectivity index (χ1) is 13.1. The van der Waals surface area contributed by atoms with E-state index in [4.69, 9.17) is 14.2 Å². The maximum atomic E-state index is 12.6. The summed E-state index contributed by atoms with van der Waals surface area (Å²) in [6, 6.07) is 15.4. The number of esters is 1. The Hall–Kier alpha value is -3.21. The zero-order valence-corrected chi connectivity index (χ0v) is 16.0. The Morgan fingerprint density at radius 3 is 1.89 bits per heavy atom. The third-order valence-corrected chi connectivity index (χ3v) is 4.42. The SMILES string of the molecule is CCOC(=O)c1c(C)[nH]c(-c2ccc(OC)cc2)c1-c1ccc(OC)cc1. The summed E-state index contributed by atoms with van der Waals surface area (Å²) in [6.07, 6.45) is 0. The van der Waals surface area contributed by atoms with Crippen molar-refractivity contribution in [1.29, 1.82) is 0 Å². The van der Waals surface area contributed by atoms with Gasteiger partial charge in [-0.1, -0.05) is 12.1 Å². The predicted molar refractivity (Wildman–Crippen MR) is 105 cm³/mol. The van der Waals surface area contributed by atoms with Crippen LogP contribution in [-0.4, -0.2) is 31.8 Å². The fourth-order valence-electron chi connectivity index (χ4n) is 3.10. The summed E-state index contributed by atoms with van der Waals surface area (Å²) >= 11 is 0. The van der Waals surface area contributed by atoms with E-state index in [9.17, 15) is 4.79 Å². The third kappa shape index (κ3) is 3.67. The van der Waals surface area contributed by atoms with Crippen LogP contribution in [0.1, 0.15) is 23.0 Å². The molecular weight excluding hydrogens is 342 g/mol. The largest absolute Gasteiger partial charge is 0.497 e. The zero-order chi connectivity index (χ0) is 19.4. The summed E-state index contributed by atoms with van der Waals surface area (Å²) in [6.45, 7) is 4.01. The highest BCUT2D eigenvalue weighted by molar-refractivity contribution is 6.03. The number of aromatic amines is 1. The van der Waals surface area contributed by atoms with Crippen LogP contribution in [-0.2, 0) is 4.74 Å². The number of nitrogens with one attached hydrogen (secondary N) is 1. The summed E-state index contributed by atoms with van der Waals surface area (Å²) in [5.74, 6) is 1.20. The van der Waals surface area contributed by atoms with Crippen LogP contribution in [0.25, 0.3) is 22.4 Å². The molecule has 3 rings (SSSR count). The molecule has 140 valence electrons. The van der Waals surface area contributed by atoms with Gasteiger partial charge in [-0.15, -0.1) is 0 Å². The van der Waals surface area contributed by atoms with E-state index in [1.165, 1.54) is 0 Å². The normalized spacial score (nSPS) is 10.5. The second kappa shape index (κ2) is 7.99. The molecule has 0 aliphatic carbocycles. The van der Waals surface area contributed by atoms with Gasteiger partial charge in [0.25, 0.3) is 0 Å². The van der Waals surface area contributed by atoms with E-state index in [1.807, 2.05) is 55.5 Å². The molecule has 0 amide bonds. The monoisotopic (exact) mass is 365 g/mol. The van der Waals surface area contributed by atoms with Gasteiger partial charge in [0.05, 0.1) is 32.1 Å². The fraction of sp³-hybridized carbons (Fsp3) is 0.227. The van der Waals surface area contributed by atoms with E-state index in [2.05, 4.69) is 4.98 Å². The van der Waals surface area contributed by atoms with Crippen molar-refractivity contribution >= 4 is 5.97 Å². The smallest absolute Gasteiger partial charge is 0.340 e. The highest BCUT2D eigenvalue weighted by Crippen LogP contribution is 2.38. The molecule has 3 aromatic rings. The van der Waals surface area contributed by atoms with E-state index in [1.54, 1.807) is 21.1 Å². The minimum atomic E-state index is -0.336. The summed E-state index contributed by atoms with van der Waals surface area (Å²) < 4.78 is 15.8. The molecular formula is C22H23NO4. The van der Waals surface area contributed by atoms with Crippen molar-refractivity contribution in [1.82, 2.24) is 4.98 Å². The molecule has 27 heavy (non-hydrogen) atoms. The van der Waals surface area contributed by atoms with Gasteiger partial charge in [-0.2, -0.15) is 0 Å². The maximum Gasteiger partial charge on any atom is 0.340 e. The number of benzene rings is 2. The predicted octanol–water partition coefficient (Wildman–Crippen LogP) is 4.85. The molecule has 0 fully saturated rings. The number of aromatic nitrogens is 1. The standard InChI is InChI=1S/C22H23NO4/c1-5-27-22(24)19-14(2)23-21(16-8-12-18(26-4)13-9-16)20(19)15-6-10-17(25-3)11-7-15/h6-13,23H,5H2,1-4H3. The lowest BCUT2D eigenvalue weighted by atomic mass is 9.97. The van der Waals surface area contributed by atoms with Crippen LogP contribution in [0.5, 0.6) is 11.5 Å². The lowest BCUT2D eigenvalue weighted by Gasteiger charge is -2.10. The first kappa shape index (κ1) is 18.6. The lowest BCUT2D eigenvalue weighted by Crippen LogP contribution is -2.06. The van der Waals surface area contributed by atoms with Crippen molar-refractivity contribution in [2.75, 3.05) is 20.8 Å². The first-order valence-electron chi connectivity index (χ1n) is 8.77. The molecule has 0 bridgehead atoms. The molecule has 0 radical (unpaired) electrons. The Balaban J connectivity index is 2.19. The number of rotatable bonds is 6. The molecule has 0 atom stereocenters. The van der Waals surface area contributed by atoms with E-state index in [0.717, 1.165) is 39.6 Å². The summed E-state index contributed by atoms with van der Waals surface area (Å²) in [4.78, 5) is 16.0. The van der Waals surface area contributed by atoms with Crippen molar-refractivity contribution in [3.8, 4) is 33.9 Å². The van der Waals surface area contributed by atoms with E-state index in [0.29, 0.717) is 12.2 Å². The van der Waals surface area contributed by atoms with E-state index in [-0.39, 0.29) is 5.97 Å². The molecule has 0 spiro atoms. The van der Waals surface area contributed by atoms with Gasteiger partial charge in [-0.05, 0) is 61.4 Å². The van der Waals surface area contributed by atoms with Crippen LogP contribution in [0.4, 0.5) is 0 Å². The van der Waals surface area contributed by atoms with Crippen molar-refractivity contribution < 1.29 is 19.0 Å². The van der Waals surface area contributed by atoms with Gasteiger partial charge in [-0.3, -0.25) is 0 Å². The van der Waals surface area contributed by atoms with E-state index >= 15 is 0 Å². The quantitative estimate of drug-likeness (QED) is 0.634. The summed E-state index contributed by atoms with van der Waals surface area (Å²) in [5.41, 5.74) is 4.87. The topological polar surface area (TPSA) is 60.6 Å². The van der Waals surface area contributed by atoms with Gasteiger partial charge >= 0.3 is 5.97 Å². The van der Waals surface area contributed by atoms with Gasteiger partial charge in [-0.25, -0.2) is 4.79 Å². The van der Waals surface area contributed by atoms with Crippen LogP contribution >= 0.6 is 0 Å². The Kier molecular flexibility index (Phi) is 5.50. The average Bonchev–Trinajstić information content (AvgIpc) is 3.05. The molecule has 0 aliphatic rings. The number of H-pyrrole nitrogens is 1. The molecule has 1 heterocycles. The summed E-state index contributed by atoms with van der Waals surface area (Å²) in [5, 5.41) is 0. The van der Waals surface area contributed by atoms with Gasteiger partial charge < -0.3 is 19.2 Å². The number of aryl methyl sites for hydroxylation is 1. The van der Waals surface area contributed by atoms with Crippen molar-refractivity contribution in [3.63, 3.8) is 0 Å². The second-order valence-corrected chi connectivity index (χ2v) is 6.05. The maximum absolute atomic E-state index is 12.6. The van der Waals surface area contributed by atoms with Crippen LogP contribution in [0.2, 0.25) is 0 Å². The second-order valence-electron chi connectivity index (χ2n) is 6.05. The van der Waals surface area contributed by atoms with Crippen molar-refractivity contribution in [3.05, 3.63) is 59.8 Å². The molecule has 5 nitrogen and oxygen atoms in total. The average molecular weight is 365 g/mol. The molecule has 0 saturated heterocycles. The highest BCUT2D eigenvalue weighted by Gasteiger charge is 2.24. The van der Waals surface area contributed by atoms with Gasteiger partial charge in [0.2, 0.25) is 0 Å². The number of carbonyl (C=O) groups is 1. The lowest BCUT2D eigenvalue weighted by molar-refractivity contribution is 0.0526. The highest BCUT2D eigenvalue weighted by atomic mass is 16.5. The van der Waals surface area contributed by atoms with Crippen LogP contribution in [0.15, 0.2) is 48.5 Å². The summed E-state index contributed by atoms with van der Waals surface area (Å²) in [7, 11) is 3.26. The van der Waals surface area contributed by atoms with Crippen molar-refractivity contribution in [2.45, 2.75) is 13.8 Å². The molecule has 0 aliphatic heterocycles. The molecule has 1 aromatic heterocycles. The van der Waals surface area contributed by atoms with Gasteiger partial charge in [0.1, 0.15) is 11.5 Å². The molecule has 0 unspecified atom stereocenters. The Labute approximate surface area is 158 Å². The van der Waals surface area contributed by atoms with Gasteiger partial charge in [0.15, 0.2) is 0 Å². The molecule has 0 saturated carbocycles. The minimum Gasteiger partial charge on any atom is -0.497 e. The number of hydrogen-bond donors (Lipinski definition) is 1. The number of carbonyl (C=O) groups excluding carboxylic acids is 1. The first-order valence-corrected chi connectivity index (χ1v) is 8.77. The van der Waals surface area contributed by atoms with Gasteiger partial charge in [0, 0.05) is 11.3 Å².